The summed E-state index contributed by atoms with van der Waals surface area (Å²) in [6.45, 7) is 3.94. The lowest BCUT2D eigenvalue weighted by atomic mass is 10.1. The zero-order valence-corrected chi connectivity index (χ0v) is 8.95. The van der Waals surface area contributed by atoms with Crippen molar-refractivity contribution in [1.29, 1.82) is 0 Å². The average Bonchev–Trinajstić information content (AvgIpc) is 2.18. The highest BCUT2D eigenvalue weighted by Gasteiger charge is 2.11. The van der Waals surface area contributed by atoms with Gasteiger partial charge in [-0.2, -0.15) is 0 Å². The van der Waals surface area contributed by atoms with Gasteiger partial charge in [0.15, 0.2) is 0 Å². The van der Waals surface area contributed by atoms with E-state index in [1.165, 1.54) is 0 Å². The van der Waals surface area contributed by atoms with Gasteiger partial charge in [-0.1, -0.05) is 12.1 Å². The quantitative estimate of drug-likeness (QED) is 0.687. The standard InChI is InChI=1S/C11H16N2O2/c1-7-4-3-5-9(10(7)14)11(15)13-6-8(2)12/h3-5,8,14H,6,12H2,1-2H3,(H,13,15). The number of rotatable bonds is 3. The Morgan fingerprint density at radius 3 is 2.87 bits per heavy atom. The summed E-state index contributed by atoms with van der Waals surface area (Å²) in [7, 11) is 0. The normalized spacial score (nSPS) is 12.2. The predicted molar refractivity (Wildman–Crippen MR) is 58.8 cm³/mol. The third-order valence-corrected chi connectivity index (χ3v) is 2.07. The summed E-state index contributed by atoms with van der Waals surface area (Å²) in [5.74, 6) is -0.270. The minimum atomic E-state index is -0.298. The van der Waals surface area contributed by atoms with Crippen LogP contribution in [0, 0.1) is 6.92 Å². The molecule has 1 amide bonds. The second kappa shape index (κ2) is 4.79. The molecule has 1 atom stereocenters. The molecule has 1 unspecified atom stereocenters. The summed E-state index contributed by atoms with van der Waals surface area (Å²) in [5, 5.41) is 12.3. The molecule has 0 aliphatic rings. The second-order valence-electron chi connectivity index (χ2n) is 3.66. The van der Waals surface area contributed by atoms with E-state index in [1.54, 1.807) is 32.0 Å². The number of phenolic OH excluding ortho intramolecular Hbond substituents is 1. The predicted octanol–water partition coefficient (Wildman–Crippen LogP) is 0.778. The summed E-state index contributed by atoms with van der Waals surface area (Å²) in [6, 6.07) is 4.97. The van der Waals surface area contributed by atoms with E-state index in [0.29, 0.717) is 12.1 Å². The van der Waals surface area contributed by atoms with Gasteiger partial charge in [-0.15, -0.1) is 0 Å². The molecule has 1 aromatic carbocycles. The van der Waals surface area contributed by atoms with Crippen LogP contribution in [0.3, 0.4) is 0 Å². The van der Waals surface area contributed by atoms with Crippen LogP contribution in [0.1, 0.15) is 22.8 Å². The maximum atomic E-state index is 11.6. The van der Waals surface area contributed by atoms with Crippen LogP contribution in [-0.4, -0.2) is 23.6 Å². The van der Waals surface area contributed by atoms with Crippen molar-refractivity contribution < 1.29 is 9.90 Å². The van der Waals surface area contributed by atoms with Crippen molar-refractivity contribution >= 4 is 5.91 Å². The Morgan fingerprint density at radius 1 is 1.60 bits per heavy atom. The first-order valence-electron chi connectivity index (χ1n) is 4.84. The van der Waals surface area contributed by atoms with E-state index in [9.17, 15) is 9.90 Å². The highest BCUT2D eigenvalue weighted by atomic mass is 16.3. The van der Waals surface area contributed by atoms with Gasteiger partial charge in [0.05, 0.1) is 5.56 Å². The first kappa shape index (κ1) is 11.5. The number of aryl methyl sites for hydroxylation is 1. The molecule has 0 aliphatic carbocycles. The maximum Gasteiger partial charge on any atom is 0.255 e. The molecule has 1 rings (SSSR count). The SMILES string of the molecule is Cc1cccc(C(=O)NCC(C)N)c1O. The minimum absolute atomic E-state index is 0.0275. The summed E-state index contributed by atoms with van der Waals surface area (Å²) in [6.07, 6.45) is 0. The number of aromatic hydroxyl groups is 1. The van der Waals surface area contributed by atoms with Gasteiger partial charge in [0.2, 0.25) is 0 Å². The monoisotopic (exact) mass is 208 g/mol. The van der Waals surface area contributed by atoms with E-state index in [0.717, 1.165) is 0 Å². The zero-order chi connectivity index (χ0) is 11.4. The number of nitrogens with one attached hydrogen (secondary N) is 1. The fourth-order valence-corrected chi connectivity index (χ4v) is 1.19. The Morgan fingerprint density at radius 2 is 2.27 bits per heavy atom. The van der Waals surface area contributed by atoms with Gasteiger partial charge in [-0.25, -0.2) is 0 Å². The molecule has 4 N–H and O–H groups in total. The van der Waals surface area contributed by atoms with Crippen LogP contribution in [0.2, 0.25) is 0 Å². The Balaban J connectivity index is 2.78. The smallest absolute Gasteiger partial charge is 0.255 e. The molecule has 0 radical (unpaired) electrons. The van der Waals surface area contributed by atoms with E-state index in [4.69, 9.17) is 5.73 Å². The molecule has 0 aliphatic heterocycles. The Hall–Kier alpha value is -1.55. The van der Waals surface area contributed by atoms with Gasteiger partial charge < -0.3 is 16.2 Å². The molecule has 0 spiro atoms. The Bertz CT molecular complexity index is 362. The van der Waals surface area contributed by atoms with Crippen molar-refractivity contribution in [3.63, 3.8) is 0 Å². The van der Waals surface area contributed by atoms with Crippen LogP contribution >= 0.6 is 0 Å². The van der Waals surface area contributed by atoms with E-state index in [1.807, 2.05) is 0 Å². The number of carbonyl (C=O) groups excluding carboxylic acids is 1. The third-order valence-electron chi connectivity index (χ3n) is 2.07. The molecule has 15 heavy (non-hydrogen) atoms. The van der Waals surface area contributed by atoms with Crippen molar-refractivity contribution in [2.24, 2.45) is 5.73 Å². The molecular weight excluding hydrogens is 192 g/mol. The lowest BCUT2D eigenvalue weighted by molar-refractivity contribution is 0.0949. The summed E-state index contributed by atoms with van der Waals surface area (Å²) in [5.41, 5.74) is 6.48. The number of phenols is 1. The van der Waals surface area contributed by atoms with E-state index < -0.39 is 0 Å². The van der Waals surface area contributed by atoms with Gasteiger partial charge in [0.25, 0.3) is 5.91 Å². The fraction of sp³-hybridized carbons (Fsp3) is 0.364. The maximum absolute atomic E-state index is 11.6. The van der Waals surface area contributed by atoms with Crippen LogP contribution in [0.5, 0.6) is 5.75 Å². The Labute approximate surface area is 89.1 Å². The van der Waals surface area contributed by atoms with E-state index in [-0.39, 0.29) is 23.3 Å². The summed E-state index contributed by atoms with van der Waals surface area (Å²) in [4.78, 5) is 11.6. The first-order chi connectivity index (χ1) is 7.02. The van der Waals surface area contributed by atoms with Crippen molar-refractivity contribution in [3.05, 3.63) is 29.3 Å². The summed E-state index contributed by atoms with van der Waals surface area (Å²) >= 11 is 0. The average molecular weight is 208 g/mol. The molecule has 1 aromatic rings. The number of amides is 1. The van der Waals surface area contributed by atoms with Crippen molar-refractivity contribution in [1.82, 2.24) is 5.32 Å². The molecule has 4 nitrogen and oxygen atoms in total. The van der Waals surface area contributed by atoms with Crippen molar-refractivity contribution in [2.75, 3.05) is 6.54 Å². The molecular formula is C11H16N2O2. The van der Waals surface area contributed by atoms with Crippen LogP contribution in [-0.2, 0) is 0 Å². The van der Waals surface area contributed by atoms with Gasteiger partial charge in [-0.3, -0.25) is 4.79 Å². The number of hydrogen-bond donors (Lipinski definition) is 3. The molecule has 82 valence electrons. The molecule has 0 fully saturated rings. The zero-order valence-electron chi connectivity index (χ0n) is 8.95. The topological polar surface area (TPSA) is 75.4 Å². The summed E-state index contributed by atoms with van der Waals surface area (Å²) < 4.78 is 0. The fourth-order valence-electron chi connectivity index (χ4n) is 1.19. The lowest BCUT2D eigenvalue weighted by Gasteiger charge is -2.09. The van der Waals surface area contributed by atoms with Gasteiger partial charge in [0.1, 0.15) is 5.75 Å². The molecule has 4 heteroatoms. The first-order valence-corrected chi connectivity index (χ1v) is 4.84. The van der Waals surface area contributed by atoms with E-state index in [2.05, 4.69) is 5.32 Å². The van der Waals surface area contributed by atoms with Crippen LogP contribution in [0.15, 0.2) is 18.2 Å². The van der Waals surface area contributed by atoms with Crippen LogP contribution < -0.4 is 11.1 Å². The molecule has 0 heterocycles. The number of benzene rings is 1. The number of nitrogens with two attached hydrogens (primary N) is 1. The van der Waals surface area contributed by atoms with Crippen LogP contribution in [0.25, 0.3) is 0 Å². The largest absolute Gasteiger partial charge is 0.507 e. The molecule has 0 aromatic heterocycles. The number of carbonyl (C=O) groups is 1. The molecule has 0 bridgehead atoms. The lowest BCUT2D eigenvalue weighted by Crippen LogP contribution is -2.35. The van der Waals surface area contributed by atoms with Gasteiger partial charge in [0, 0.05) is 12.6 Å². The number of para-hydroxylation sites is 1. The number of hydrogen-bond acceptors (Lipinski definition) is 3. The Kier molecular flexibility index (Phi) is 3.68. The van der Waals surface area contributed by atoms with Crippen LogP contribution in [0.4, 0.5) is 0 Å². The van der Waals surface area contributed by atoms with Crippen molar-refractivity contribution in [3.8, 4) is 5.75 Å². The minimum Gasteiger partial charge on any atom is -0.507 e. The van der Waals surface area contributed by atoms with E-state index >= 15 is 0 Å². The highest BCUT2D eigenvalue weighted by molar-refractivity contribution is 5.97. The second-order valence-corrected chi connectivity index (χ2v) is 3.66. The molecule has 0 saturated carbocycles. The van der Waals surface area contributed by atoms with Gasteiger partial charge in [-0.05, 0) is 25.5 Å². The highest BCUT2D eigenvalue weighted by Crippen LogP contribution is 2.20. The van der Waals surface area contributed by atoms with Gasteiger partial charge >= 0.3 is 0 Å². The van der Waals surface area contributed by atoms with Crippen molar-refractivity contribution in [2.45, 2.75) is 19.9 Å². The molecule has 0 saturated heterocycles. The third kappa shape index (κ3) is 2.95.